The van der Waals surface area contributed by atoms with Gasteiger partial charge in [-0.1, -0.05) is 32.0 Å². The van der Waals surface area contributed by atoms with Crippen molar-refractivity contribution in [2.75, 3.05) is 6.54 Å². The van der Waals surface area contributed by atoms with Crippen LogP contribution in [0.1, 0.15) is 37.0 Å². The molecule has 3 N–H and O–H groups in total. The highest BCUT2D eigenvalue weighted by Gasteiger charge is 2.49. The van der Waals surface area contributed by atoms with E-state index in [1.807, 2.05) is 35.9 Å². The van der Waals surface area contributed by atoms with Crippen LogP contribution in [0.3, 0.4) is 0 Å². The van der Waals surface area contributed by atoms with Crippen molar-refractivity contribution in [3.8, 4) is 0 Å². The number of aromatic nitrogens is 1. The van der Waals surface area contributed by atoms with Gasteiger partial charge in [-0.05, 0) is 18.9 Å². The number of carbonyl (C=O) groups excluding carboxylic acids is 4. The van der Waals surface area contributed by atoms with Crippen LogP contribution in [-0.4, -0.2) is 45.3 Å². The van der Waals surface area contributed by atoms with Crippen molar-refractivity contribution in [2.24, 2.45) is 7.05 Å². The summed E-state index contributed by atoms with van der Waals surface area (Å²) < 4.78 is 1.81. The van der Waals surface area contributed by atoms with Crippen LogP contribution in [-0.2, 0) is 16.6 Å². The number of fused-ring (bicyclic) bond motifs is 1. The zero-order valence-corrected chi connectivity index (χ0v) is 16.0. The Kier molecular flexibility index (Phi) is 5.08. The summed E-state index contributed by atoms with van der Waals surface area (Å²) >= 11 is 0. The number of benzene rings is 1. The van der Waals surface area contributed by atoms with Gasteiger partial charge >= 0.3 is 6.03 Å². The monoisotopic (exact) mass is 385 g/mol. The van der Waals surface area contributed by atoms with E-state index in [2.05, 4.69) is 16.2 Å². The summed E-state index contributed by atoms with van der Waals surface area (Å²) in [6, 6.07) is 6.79. The molecule has 1 aliphatic heterocycles. The Morgan fingerprint density at radius 3 is 2.43 bits per heavy atom. The first-order valence-electron chi connectivity index (χ1n) is 9.10. The van der Waals surface area contributed by atoms with Crippen molar-refractivity contribution in [3.63, 3.8) is 0 Å². The van der Waals surface area contributed by atoms with Crippen LogP contribution >= 0.6 is 0 Å². The van der Waals surface area contributed by atoms with E-state index in [0.29, 0.717) is 18.4 Å². The Morgan fingerprint density at radius 1 is 1.11 bits per heavy atom. The number of amides is 5. The summed E-state index contributed by atoms with van der Waals surface area (Å²) in [7, 11) is 1.82. The Bertz CT molecular complexity index is 960. The van der Waals surface area contributed by atoms with Crippen molar-refractivity contribution in [1.29, 1.82) is 0 Å². The van der Waals surface area contributed by atoms with Crippen LogP contribution in [0.2, 0.25) is 0 Å². The van der Waals surface area contributed by atoms with Gasteiger partial charge in [-0.2, -0.15) is 0 Å². The van der Waals surface area contributed by atoms with E-state index in [9.17, 15) is 19.2 Å². The molecule has 0 atom stereocenters. The summed E-state index contributed by atoms with van der Waals surface area (Å²) in [6.45, 7) is 3.13. The summed E-state index contributed by atoms with van der Waals surface area (Å²) in [5.41, 5.74) is 4.92. The summed E-state index contributed by atoms with van der Waals surface area (Å²) in [5.74, 6) is -1.59. The number of urea groups is 1. The van der Waals surface area contributed by atoms with E-state index in [1.165, 1.54) is 0 Å². The smallest absolute Gasteiger partial charge is 0.325 e. The van der Waals surface area contributed by atoms with Crippen molar-refractivity contribution >= 4 is 34.7 Å². The topological polar surface area (TPSA) is 113 Å². The third-order valence-electron chi connectivity index (χ3n) is 5.21. The maximum atomic E-state index is 12.5. The minimum absolute atomic E-state index is 0.407. The first kappa shape index (κ1) is 19.4. The predicted octanol–water partition coefficient (Wildman–Crippen LogP) is 1.05. The van der Waals surface area contributed by atoms with Crippen LogP contribution in [0, 0.1) is 0 Å². The van der Waals surface area contributed by atoms with E-state index < -0.39 is 35.8 Å². The van der Waals surface area contributed by atoms with Gasteiger partial charge in [0, 0.05) is 24.1 Å². The summed E-state index contributed by atoms with van der Waals surface area (Å²) in [4.78, 5) is 50.1. The minimum atomic E-state index is -0.969. The second kappa shape index (κ2) is 7.34. The van der Waals surface area contributed by atoms with Crippen molar-refractivity contribution in [1.82, 2.24) is 25.6 Å². The van der Waals surface area contributed by atoms with Crippen molar-refractivity contribution in [2.45, 2.75) is 32.2 Å². The minimum Gasteiger partial charge on any atom is -0.350 e. The zero-order chi connectivity index (χ0) is 20.5. The van der Waals surface area contributed by atoms with E-state index in [-0.39, 0.29) is 0 Å². The van der Waals surface area contributed by atoms with Gasteiger partial charge in [0.15, 0.2) is 0 Å². The molecule has 2 aromatic rings. The largest absolute Gasteiger partial charge is 0.350 e. The first-order chi connectivity index (χ1) is 13.3. The number of carbonyl (C=O) groups is 4. The lowest BCUT2D eigenvalue weighted by Crippen LogP contribution is -2.49. The molecule has 0 radical (unpaired) electrons. The fourth-order valence-electron chi connectivity index (χ4n) is 3.45. The van der Waals surface area contributed by atoms with Gasteiger partial charge in [-0.15, -0.1) is 0 Å². The standard InChI is InChI=1S/C19H23N5O4/c1-4-19(5-2)17(27)24(18(28)20-19)11-15(25)21-22-16(26)13-10-23(3)14-9-7-6-8-12(13)14/h6-10H,4-5,11H2,1-3H3,(H,20,28)(H,21,25)(H,22,26). The maximum absolute atomic E-state index is 12.5. The molecule has 2 heterocycles. The predicted molar refractivity (Wildman–Crippen MR) is 102 cm³/mol. The van der Waals surface area contributed by atoms with Crippen molar-refractivity contribution < 1.29 is 19.2 Å². The van der Waals surface area contributed by atoms with E-state index in [0.717, 1.165) is 15.8 Å². The molecule has 1 aromatic heterocycles. The Morgan fingerprint density at radius 2 is 1.79 bits per heavy atom. The van der Waals surface area contributed by atoms with E-state index in [4.69, 9.17) is 0 Å². The fraction of sp³-hybridized carbons (Fsp3) is 0.368. The molecule has 0 saturated carbocycles. The van der Waals surface area contributed by atoms with Crippen LogP contribution in [0.4, 0.5) is 4.79 Å². The zero-order valence-electron chi connectivity index (χ0n) is 16.0. The molecule has 0 spiro atoms. The molecule has 9 heteroatoms. The summed E-state index contributed by atoms with van der Waals surface area (Å²) in [5, 5.41) is 3.40. The lowest BCUT2D eigenvalue weighted by Gasteiger charge is -2.22. The molecule has 3 rings (SSSR count). The Hall–Kier alpha value is -3.36. The normalized spacial score (nSPS) is 15.6. The van der Waals surface area contributed by atoms with Gasteiger partial charge in [0.05, 0.1) is 5.56 Å². The molecule has 0 unspecified atom stereocenters. The Labute approximate surface area is 162 Å². The van der Waals surface area contributed by atoms with Crippen LogP contribution in [0.5, 0.6) is 0 Å². The highest BCUT2D eigenvalue weighted by molar-refractivity contribution is 6.10. The first-order valence-corrected chi connectivity index (χ1v) is 9.10. The fourth-order valence-corrected chi connectivity index (χ4v) is 3.45. The molecule has 1 aromatic carbocycles. The lowest BCUT2D eigenvalue weighted by molar-refractivity contribution is -0.135. The molecule has 5 amide bonds. The molecule has 1 aliphatic rings. The number of nitrogens with zero attached hydrogens (tertiary/aromatic N) is 2. The average molecular weight is 385 g/mol. The number of hydrogen-bond acceptors (Lipinski definition) is 4. The molecule has 28 heavy (non-hydrogen) atoms. The number of imide groups is 1. The van der Waals surface area contributed by atoms with Gasteiger partial charge < -0.3 is 9.88 Å². The van der Waals surface area contributed by atoms with Crippen molar-refractivity contribution in [3.05, 3.63) is 36.0 Å². The average Bonchev–Trinajstić information content (AvgIpc) is 3.16. The highest BCUT2D eigenvalue weighted by atomic mass is 16.2. The highest BCUT2D eigenvalue weighted by Crippen LogP contribution is 2.24. The molecular weight excluding hydrogens is 362 g/mol. The third kappa shape index (κ3) is 3.19. The SMILES string of the molecule is CCC1(CC)NC(=O)N(CC(=O)NNC(=O)c2cn(C)c3ccccc23)C1=O. The number of hydrogen-bond donors (Lipinski definition) is 3. The quantitative estimate of drug-likeness (QED) is 0.527. The second-order valence-corrected chi connectivity index (χ2v) is 6.78. The molecule has 148 valence electrons. The molecule has 0 aliphatic carbocycles. The Balaban J connectivity index is 1.64. The van der Waals surface area contributed by atoms with Gasteiger partial charge in [-0.25, -0.2) is 4.79 Å². The van der Waals surface area contributed by atoms with Gasteiger partial charge in [0.1, 0.15) is 12.1 Å². The summed E-state index contributed by atoms with van der Waals surface area (Å²) in [6.07, 6.45) is 2.54. The molecule has 9 nitrogen and oxygen atoms in total. The van der Waals surface area contributed by atoms with Crippen LogP contribution < -0.4 is 16.2 Å². The van der Waals surface area contributed by atoms with E-state index >= 15 is 0 Å². The number of para-hydroxylation sites is 1. The number of nitrogens with one attached hydrogen (secondary N) is 3. The molecule has 1 saturated heterocycles. The third-order valence-corrected chi connectivity index (χ3v) is 5.21. The van der Waals surface area contributed by atoms with Gasteiger partial charge in [0.2, 0.25) is 0 Å². The molecule has 1 fully saturated rings. The van der Waals surface area contributed by atoms with Crippen LogP contribution in [0.25, 0.3) is 10.9 Å². The maximum Gasteiger partial charge on any atom is 0.325 e. The van der Waals surface area contributed by atoms with Gasteiger partial charge in [0.25, 0.3) is 17.7 Å². The lowest BCUT2D eigenvalue weighted by atomic mass is 9.93. The molecule has 0 bridgehead atoms. The van der Waals surface area contributed by atoms with E-state index in [1.54, 1.807) is 20.0 Å². The second-order valence-electron chi connectivity index (χ2n) is 6.78. The van der Waals surface area contributed by atoms with Crippen LogP contribution in [0.15, 0.2) is 30.5 Å². The number of rotatable bonds is 5. The number of hydrazine groups is 1. The van der Waals surface area contributed by atoms with Gasteiger partial charge in [-0.3, -0.25) is 30.1 Å². The number of aryl methyl sites for hydroxylation is 1. The molecular formula is C19H23N5O4.